The quantitative estimate of drug-likeness (QED) is 0.464. The lowest BCUT2D eigenvalue weighted by Gasteiger charge is -2.21. The zero-order valence-electron chi connectivity index (χ0n) is 18.2. The number of amides is 1. The van der Waals surface area contributed by atoms with Gasteiger partial charge in [0.25, 0.3) is 15.9 Å². The zero-order valence-corrected chi connectivity index (χ0v) is 19.0. The Labute approximate surface area is 188 Å². The van der Waals surface area contributed by atoms with E-state index in [1.807, 2.05) is 19.1 Å². The average Bonchev–Trinajstić information content (AvgIpc) is 2.83. The molecule has 0 fully saturated rings. The molecule has 0 bridgehead atoms. The van der Waals surface area contributed by atoms with Crippen LogP contribution in [0.1, 0.15) is 18.1 Å². The molecule has 0 saturated heterocycles. The minimum absolute atomic E-state index is 0.0347. The van der Waals surface area contributed by atoms with Crippen molar-refractivity contribution in [3.05, 3.63) is 90.0 Å². The minimum Gasteiger partial charge on any atom is -0.493 e. The summed E-state index contributed by atoms with van der Waals surface area (Å²) in [7, 11) is -1.06. The van der Waals surface area contributed by atoms with Gasteiger partial charge in [0.15, 0.2) is 11.5 Å². The number of hydrogen-bond acceptors (Lipinski definition) is 5. The number of hydrogen-bond donors (Lipinski definition) is 0. The standard InChI is InChI=1S/C25H25NO5S/c1-4-19-10-14-21(15-11-19)26(32(28,29)22-8-6-5-7-9-22)25(27)17-13-20-12-16-23(30-2)24(18-20)31-3/h5-18H,4H2,1-3H3/b17-13+. The van der Waals surface area contributed by atoms with E-state index < -0.39 is 15.9 Å². The monoisotopic (exact) mass is 451 g/mol. The number of benzene rings is 3. The Hall–Kier alpha value is -3.58. The van der Waals surface area contributed by atoms with Gasteiger partial charge in [-0.15, -0.1) is 0 Å². The fourth-order valence-corrected chi connectivity index (χ4v) is 4.55. The van der Waals surface area contributed by atoms with Crippen molar-refractivity contribution in [3.63, 3.8) is 0 Å². The van der Waals surface area contributed by atoms with E-state index in [1.54, 1.807) is 48.5 Å². The van der Waals surface area contributed by atoms with Gasteiger partial charge in [0.05, 0.1) is 24.8 Å². The number of nitrogens with zero attached hydrogens (tertiary/aromatic N) is 1. The van der Waals surface area contributed by atoms with E-state index >= 15 is 0 Å². The van der Waals surface area contributed by atoms with Gasteiger partial charge in [-0.05, 0) is 60.0 Å². The van der Waals surface area contributed by atoms with Crippen molar-refractivity contribution in [1.82, 2.24) is 0 Å². The number of sulfonamides is 1. The first-order valence-corrected chi connectivity index (χ1v) is 11.5. The van der Waals surface area contributed by atoms with Gasteiger partial charge in [-0.2, -0.15) is 4.31 Å². The molecule has 3 aromatic rings. The van der Waals surface area contributed by atoms with Crippen molar-refractivity contribution in [3.8, 4) is 11.5 Å². The minimum atomic E-state index is -4.11. The smallest absolute Gasteiger partial charge is 0.271 e. The Bertz CT molecular complexity index is 1200. The maximum atomic E-state index is 13.4. The summed E-state index contributed by atoms with van der Waals surface area (Å²) in [5.41, 5.74) is 1.97. The lowest BCUT2D eigenvalue weighted by Crippen LogP contribution is -2.35. The van der Waals surface area contributed by atoms with E-state index in [0.717, 1.165) is 16.3 Å². The van der Waals surface area contributed by atoms with Crippen LogP contribution in [0.2, 0.25) is 0 Å². The Kier molecular flexibility index (Phi) is 7.33. The zero-order chi connectivity index (χ0) is 23.1. The molecule has 3 aromatic carbocycles. The van der Waals surface area contributed by atoms with Crippen molar-refractivity contribution in [1.29, 1.82) is 0 Å². The molecule has 1 amide bonds. The first-order chi connectivity index (χ1) is 15.4. The van der Waals surface area contributed by atoms with Gasteiger partial charge >= 0.3 is 0 Å². The molecule has 32 heavy (non-hydrogen) atoms. The summed E-state index contributed by atoms with van der Waals surface area (Å²) >= 11 is 0. The van der Waals surface area contributed by atoms with Gasteiger partial charge in [0.1, 0.15) is 0 Å². The lowest BCUT2D eigenvalue weighted by molar-refractivity contribution is -0.113. The van der Waals surface area contributed by atoms with Crippen LogP contribution in [0.15, 0.2) is 83.8 Å². The molecule has 0 heterocycles. The highest BCUT2D eigenvalue weighted by atomic mass is 32.2. The Balaban J connectivity index is 2.01. The third kappa shape index (κ3) is 5.00. The van der Waals surface area contributed by atoms with Crippen molar-refractivity contribution in [2.24, 2.45) is 0 Å². The summed E-state index contributed by atoms with van der Waals surface area (Å²) in [5, 5.41) is 0. The van der Waals surface area contributed by atoms with Gasteiger partial charge in [-0.25, -0.2) is 8.42 Å². The molecular formula is C25H25NO5S. The molecule has 7 heteroatoms. The van der Waals surface area contributed by atoms with Gasteiger partial charge in [0.2, 0.25) is 0 Å². The second kappa shape index (κ2) is 10.2. The molecule has 0 N–H and O–H groups in total. The SMILES string of the molecule is CCc1ccc(N(C(=O)/C=C/c2ccc(OC)c(OC)c2)S(=O)(=O)c2ccccc2)cc1. The summed E-state index contributed by atoms with van der Waals surface area (Å²) in [6.45, 7) is 2.00. The number of anilines is 1. The van der Waals surface area contributed by atoms with Gasteiger partial charge < -0.3 is 9.47 Å². The number of methoxy groups -OCH3 is 2. The highest BCUT2D eigenvalue weighted by Crippen LogP contribution is 2.29. The molecule has 0 aliphatic carbocycles. The maximum absolute atomic E-state index is 13.4. The normalized spacial score (nSPS) is 11.3. The van der Waals surface area contributed by atoms with Crippen LogP contribution in [-0.2, 0) is 21.2 Å². The molecule has 166 valence electrons. The fourth-order valence-electron chi connectivity index (χ4n) is 3.14. The summed E-state index contributed by atoms with van der Waals surface area (Å²) < 4.78 is 38.0. The van der Waals surface area contributed by atoms with Crippen molar-refractivity contribution >= 4 is 27.7 Å². The van der Waals surface area contributed by atoms with E-state index in [2.05, 4.69) is 0 Å². The number of rotatable bonds is 8. The summed E-state index contributed by atoms with van der Waals surface area (Å²) in [5.74, 6) is 0.374. The lowest BCUT2D eigenvalue weighted by atomic mass is 10.1. The Morgan fingerprint density at radius 1 is 0.906 bits per heavy atom. The first kappa shape index (κ1) is 23.1. The van der Waals surface area contributed by atoms with E-state index in [4.69, 9.17) is 9.47 Å². The number of aryl methyl sites for hydroxylation is 1. The van der Waals surface area contributed by atoms with Crippen LogP contribution in [0.25, 0.3) is 6.08 Å². The van der Waals surface area contributed by atoms with Gasteiger partial charge in [-0.3, -0.25) is 4.79 Å². The van der Waals surface area contributed by atoms with E-state index in [0.29, 0.717) is 17.1 Å². The maximum Gasteiger partial charge on any atom is 0.271 e. The van der Waals surface area contributed by atoms with Gasteiger partial charge in [0, 0.05) is 6.08 Å². The van der Waals surface area contributed by atoms with E-state index in [-0.39, 0.29) is 10.6 Å². The second-order valence-electron chi connectivity index (χ2n) is 6.89. The number of ether oxygens (including phenoxy) is 2. The third-order valence-corrected chi connectivity index (χ3v) is 6.63. The van der Waals surface area contributed by atoms with Crippen LogP contribution in [-0.4, -0.2) is 28.5 Å². The molecule has 0 spiro atoms. The van der Waals surface area contributed by atoms with E-state index in [9.17, 15) is 13.2 Å². The molecule has 0 radical (unpaired) electrons. The average molecular weight is 452 g/mol. The summed E-state index contributed by atoms with van der Waals surface area (Å²) in [6.07, 6.45) is 3.58. The Morgan fingerprint density at radius 3 is 2.16 bits per heavy atom. The molecular weight excluding hydrogens is 426 g/mol. The topological polar surface area (TPSA) is 72.9 Å². The van der Waals surface area contributed by atoms with Crippen molar-refractivity contribution in [2.75, 3.05) is 18.5 Å². The van der Waals surface area contributed by atoms with Crippen LogP contribution < -0.4 is 13.8 Å². The molecule has 0 aliphatic heterocycles. The highest BCUT2D eigenvalue weighted by Gasteiger charge is 2.29. The number of carbonyl (C=O) groups excluding carboxylic acids is 1. The molecule has 0 unspecified atom stereocenters. The molecule has 3 rings (SSSR count). The second-order valence-corrected chi connectivity index (χ2v) is 8.68. The van der Waals surface area contributed by atoms with Crippen molar-refractivity contribution in [2.45, 2.75) is 18.2 Å². The third-order valence-electron chi connectivity index (χ3n) is 4.89. The van der Waals surface area contributed by atoms with E-state index in [1.165, 1.54) is 38.5 Å². The highest BCUT2D eigenvalue weighted by molar-refractivity contribution is 7.93. The first-order valence-electron chi connectivity index (χ1n) is 10.0. The summed E-state index contributed by atoms with van der Waals surface area (Å²) in [4.78, 5) is 13.2. The largest absolute Gasteiger partial charge is 0.493 e. The van der Waals surface area contributed by atoms with Crippen LogP contribution in [0.5, 0.6) is 11.5 Å². The molecule has 0 aromatic heterocycles. The van der Waals surface area contributed by atoms with Crippen LogP contribution >= 0.6 is 0 Å². The van der Waals surface area contributed by atoms with Crippen LogP contribution in [0.4, 0.5) is 5.69 Å². The van der Waals surface area contributed by atoms with Crippen LogP contribution in [0, 0.1) is 0 Å². The number of carbonyl (C=O) groups is 1. The van der Waals surface area contributed by atoms with Crippen molar-refractivity contribution < 1.29 is 22.7 Å². The molecule has 0 saturated carbocycles. The fraction of sp³-hybridized carbons (Fsp3) is 0.160. The molecule has 6 nitrogen and oxygen atoms in total. The predicted molar refractivity (Wildman–Crippen MR) is 126 cm³/mol. The summed E-state index contributed by atoms with van der Waals surface area (Å²) in [6, 6.07) is 20.0. The predicted octanol–water partition coefficient (Wildman–Crippen LogP) is 4.70. The van der Waals surface area contributed by atoms with Crippen LogP contribution in [0.3, 0.4) is 0 Å². The Morgan fingerprint density at radius 2 is 1.56 bits per heavy atom. The molecule has 0 atom stereocenters. The molecule has 0 aliphatic rings. The van der Waals surface area contributed by atoms with Gasteiger partial charge in [-0.1, -0.05) is 43.3 Å².